The number of nitrogens with zero attached hydrogens (tertiary/aromatic N) is 1. The van der Waals surface area contributed by atoms with Crippen LogP contribution in [0.2, 0.25) is 0 Å². The van der Waals surface area contributed by atoms with Gasteiger partial charge in [-0.05, 0) is 18.8 Å². The third kappa shape index (κ3) is 1.95. The van der Waals surface area contributed by atoms with E-state index in [0.29, 0.717) is 12.5 Å². The lowest BCUT2D eigenvalue weighted by Crippen LogP contribution is -2.01. The first kappa shape index (κ1) is 7.48. The summed E-state index contributed by atoms with van der Waals surface area (Å²) < 4.78 is 0. The van der Waals surface area contributed by atoms with E-state index < -0.39 is 0 Å². The van der Waals surface area contributed by atoms with Crippen LogP contribution in [0.5, 0.6) is 0 Å². The van der Waals surface area contributed by atoms with Crippen LogP contribution in [0.1, 0.15) is 19.8 Å². The quantitative estimate of drug-likeness (QED) is 0.583. The van der Waals surface area contributed by atoms with Crippen LogP contribution >= 0.6 is 0 Å². The Morgan fingerprint density at radius 1 is 1.80 bits per heavy atom. The average Bonchev–Trinajstić information content (AvgIpc) is 2.13. The summed E-state index contributed by atoms with van der Waals surface area (Å²) in [5.41, 5.74) is 6.49. The molecule has 0 spiro atoms. The van der Waals surface area contributed by atoms with E-state index >= 15 is 0 Å². The minimum atomic E-state index is 0.570. The number of allylic oxidation sites excluding steroid dienone is 1. The summed E-state index contributed by atoms with van der Waals surface area (Å²) in [5, 5.41) is 0. The Kier molecular flexibility index (Phi) is 2.63. The molecule has 0 aliphatic carbocycles. The first-order chi connectivity index (χ1) is 4.83. The summed E-state index contributed by atoms with van der Waals surface area (Å²) in [6.07, 6.45) is 6.40. The second-order valence-electron chi connectivity index (χ2n) is 2.73. The summed E-state index contributed by atoms with van der Waals surface area (Å²) in [6.45, 7) is 2.77. The minimum Gasteiger partial charge on any atom is -0.325 e. The highest BCUT2D eigenvalue weighted by molar-refractivity contribution is 5.59. The SMILES string of the molecule is CC1C=C(CN)N=CCC1. The van der Waals surface area contributed by atoms with E-state index in [-0.39, 0.29) is 0 Å². The smallest absolute Gasteiger partial charge is 0.0498 e. The second-order valence-corrected chi connectivity index (χ2v) is 2.73. The van der Waals surface area contributed by atoms with E-state index in [0.717, 1.165) is 12.1 Å². The lowest BCUT2D eigenvalue weighted by Gasteiger charge is -2.00. The van der Waals surface area contributed by atoms with Gasteiger partial charge in [-0.2, -0.15) is 0 Å². The topological polar surface area (TPSA) is 38.4 Å². The zero-order chi connectivity index (χ0) is 7.40. The fraction of sp³-hybridized carbons (Fsp3) is 0.625. The predicted molar refractivity (Wildman–Crippen MR) is 44.0 cm³/mol. The molecule has 0 aromatic heterocycles. The van der Waals surface area contributed by atoms with Crippen molar-refractivity contribution in [1.82, 2.24) is 0 Å². The lowest BCUT2D eigenvalue weighted by atomic mass is 10.1. The molecular weight excluding hydrogens is 124 g/mol. The van der Waals surface area contributed by atoms with Gasteiger partial charge in [0.05, 0.1) is 0 Å². The Bertz CT molecular complexity index is 159. The Balaban J connectivity index is 2.63. The Morgan fingerprint density at radius 2 is 2.60 bits per heavy atom. The molecule has 1 aliphatic heterocycles. The molecule has 2 N–H and O–H groups in total. The summed E-state index contributed by atoms with van der Waals surface area (Å²) >= 11 is 0. The van der Waals surface area contributed by atoms with Crippen molar-refractivity contribution >= 4 is 6.21 Å². The van der Waals surface area contributed by atoms with Crippen LogP contribution in [0.15, 0.2) is 16.8 Å². The molecule has 1 unspecified atom stereocenters. The number of rotatable bonds is 1. The van der Waals surface area contributed by atoms with Gasteiger partial charge in [-0.15, -0.1) is 0 Å². The van der Waals surface area contributed by atoms with Crippen LogP contribution in [0.25, 0.3) is 0 Å². The zero-order valence-corrected chi connectivity index (χ0v) is 6.38. The number of nitrogens with two attached hydrogens (primary N) is 1. The van der Waals surface area contributed by atoms with Crippen molar-refractivity contribution < 1.29 is 0 Å². The van der Waals surface area contributed by atoms with Crippen molar-refractivity contribution in [3.05, 3.63) is 11.8 Å². The maximum atomic E-state index is 5.45. The monoisotopic (exact) mass is 138 g/mol. The number of hydrogen-bond acceptors (Lipinski definition) is 2. The second kappa shape index (κ2) is 3.52. The van der Waals surface area contributed by atoms with Gasteiger partial charge in [0, 0.05) is 18.5 Å². The van der Waals surface area contributed by atoms with E-state index in [9.17, 15) is 0 Å². The molecule has 0 amide bonds. The summed E-state index contributed by atoms with van der Waals surface area (Å²) in [6, 6.07) is 0. The van der Waals surface area contributed by atoms with Crippen LogP contribution < -0.4 is 5.73 Å². The van der Waals surface area contributed by atoms with Gasteiger partial charge in [0.1, 0.15) is 0 Å². The highest BCUT2D eigenvalue weighted by atomic mass is 14.8. The van der Waals surface area contributed by atoms with Crippen LogP contribution in [0, 0.1) is 5.92 Å². The standard InChI is InChI=1S/C8H14N2/c1-7-3-2-4-10-8(5-7)6-9/h4-5,7H,2-3,6,9H2,1H3. The first-order valence-corrected chi connectivity index (χ1v) is 3.76. The van der Waals surface area contributed by atoms with Crippen molar-refractivity contribution in [2.24, 2.45) is 16.6 Å². The van der Waals surface area contributed by atoms with Gasteiger partial charge in [-0.25, -0.2) is 0 Å². The fourth-order valence-corrected chi connectivity index (χ4v) is 1.09. The van der Waals surface area contributed by atoms with E-state index in [1.807, 2.05) is 6.21 Å². The molecule has 0 bridgehead atoms. The van der Waals surface area contributed by atoms with Crippen LogP contribution in [0.4, 0.5) is 0 Å². The third-order valence-corrected chi connectivity index (χ3v) is 1.69. The van der Waals surface area contributed by atoms with Gasteiger partial charge in [-0.1, -0.05) is 13.0 Å². The first-order valence-electron chi connectivity index (χ1n) is 3.76. The molecule has 2 heteroatoms. The molecule has 10 heavy (non-hydrogen) atoms. The Hall–Kier alpha value is -0.630. The molecule has 1 aliphatic rings. The van der Waals surface area contributed by atoms with Gasteiger partial charge < -0.3 is 5.73 Å². The maximum Gasteiger partial charge on any atom is 0.0498 e. The summed E-state index contributed by atoms with van der Waals surface area (Å²) in [4.78, 5) is 4.20. The molecule has 0 aromatic carbocycles. The van der Waals surface area contributed by atoms with Gasteiger partial charge in [0.2, 0.25) is 0 Å². The lowest BCUT2D eigenvalue weighted by molar-refractivity contribution is 0.673. The number of hydrogen-bond donors (Lipinski definition) is 1. The Morgan fingerprint density at radius 3 is 3.30 bits per heavy atom. The molecule has 1 atom stereocenters. The third-order valence-electron chi connectivity index (χ3n) is 1.69. The van der Waals surface area contributed by atoms with E-state index in [1.165, 1.54) is 6.42 Å². The molecule has 0 aromatic rings. The van der Waals surface area contributed by atoms with Crippen molar-refractivity contribution in [2.75, 3.05) is 6.54 Å². The van der Waals surface area contributed by atoms with Crippen molar-refractivity contribution in [3.63, 3.8) is 0 Å². The largest absolute Gasteiger partial charge is 0.325 e. The van der Waals surface area contributed by atoms with Crippen LogP contribution in [-0.4, -0.2) is 12.8 Å². The van der Waals surface area contributed by atoms with Gasteiger partial charge in [0.25, 0.3) is 0 Å². The average molecular weight is 138 g/mol. The summed E-state index contributed by atoms with van der Waals surface area (Å²) in [5.74, 6) is 0.640. The predicted octanol–water partition coefficient (Wildman–Crippen LogP) is 1.33. The van der Waals surface area contributed by atoms with E-state index in [4.69, 9.17) is 5.73 Å². The molecule has 56 valence electrons. The van der Waals surface area contributed by atoms with Crippen molar-refractivity contribution in [2.45, 2.75) is 19.8 Å². The fourth-order valence-electron chi connectivity index (χ4n) is 1.09. The van der Waals surface area contributed by atoms with Crippen LogP contribution in [0.3, 0.4) is 0 Å². The summed E-state index contributed by atoms with van der Waals surface area (Å²) in [7, 11) is 0. The molecule has 0 saturated heterocycles. The van der Waals surface area contributed by atoms with E-state index in [2.05, 4.69) is 18.0 Å². The molecule has 2 nitrogen and oxygen atoms in total. The zero-order valence-electron chi connectivity index (χ0n) is 6.38. The number of aliphatic imine (C=N–C) groups is 1. The van der Waals surface area contributed by atoms with Crippen molar-refractivity contribution in [1.29, 1.82) is 0 Å². The van der Waals surface area contributed by atoms with Crippen LogP contribution in [-0.2, 0) is 0 Å². The van der Waals surface area contributed by atoms with E-state index in [1.54, 1.807) is 0 Å². The molecule has 1 heterocycles. The highest BCUT2D eigenvalue weighted by Crippen LogP contribution is 2.12. The Labute approximate surface area is 61.8 Å². The molecule has 0 fully saturated rings. The van der Waals surface area contributed by atoms with Gasteiger partial charge >= 0.3 is 0 Å². The minimum absolute atomic E-state index is 0.570. The highest BCUT2D eigenvalue weighted by Gasteiger charge is 2.02. The van der Waals surface area contributed by atoms with Gasteiger partial charge in [0.15, 0.2) is 0 Å². The molecule has 0 saturated carbocycles. The molecule has 1 rings (SSSR count). The van der Waals surface area contributed by atoms with Gasteiger partial charge in [-0.3, -0.25) is 4.99 Å². The van der Waals surface area contributed by atoms with Crippen molar-refractivity contribution in [3.8, 4) is 0 Å². The molecular formula is C8H14N2. The molecule has 0 radical (unpaired) electrons. The maximum absolute atomic E-state index is 5.45. The normalized spacial score (nSPS) is 25.8.